The zero-order valence-electron chi connectivity index (χ0n) is 10.8. The molecule has 0 atom stereocenters. The Bertz CT molecular complexity index is 853. The van der Waals surface area contributed by atoms with Crippen LogP contribution >= 0.6 is 0 Å². The SMILES string of the molecule is C[n+]1c2ccccc2c(N)c2ccc(N=[N+]=[N-])cc21.[Cl-]. The van der Waals surface area contributed by atoms with Crippen molar-refractivity contribution in [2.24, 2.45) is 12.2 Å². The van der Waals surface area contributed by atoms with Gasteiger partial charge in [-0.05, 0) is 17.7 Å². The van der Waals surface area contributed by atoms with E-state index in [1.54, 1.807) is 6.07 Å². The third-order valence-electron chi connectivity index (χ3n) is 3.35. The van der Waals surface area contributed by atoms with Crippen LogP contribution in [-0.4, -0.2) is 0 Å². The normalized spacial score (nSPS) is 10.1. The minimum Gasteiger partial charge on any atom is -1.00 e. The van der Waals surface area contributed by atoms with Gasteiger partial charge in [-0.1, -0.05) is 23.3 Å². The summed E-state index contributed by atoms with van der Waals surface area (Å²) in [7, 11) is 1.98. The standard InChI is InChI=1S/C14H11N5.ClH/c1-19-12-5-3-2-4-10(12)14(15)11-7-6-9(17-18-16)8-13(11)19;/h2-8,15H,1H3;1H. The molecule has 0 spiro atoms. The van der Waals surface area contributed by atoms with Crippen LogP contribution in [0.5, 0.6) is 0 Å². The molecule has 3 aromatic rings. The van der Waals surface area contributed by atoms with E-state index in [0.717, 1.165) is 27.5 Å². The molecule has 0 aliphatic carbocycles. The molecule has 1 aromatic heterocycles. The van der Waals surface area contributed by atoms with E-state index in [0.29, 0.717) is 5.69 Å². The van der Waals surface area contributed by atoms with Crippen LogP contribution in [0.4, 0.5) is 11.4 Å². The lowest BCUT2D eigenvalue weighted by atomic mass is 10.1. The number of hydrogen-bond acceptors (Lipinski definition) is 2. The summed E-state index contributed by atoms with van der Waals surface area (Å²) < 4.78 is 2.05. The van der Waals surface area contributed by atoms with Crippen molar-refractivity contribution >= 4 is 33.2 Å². The Kier molecular flexibility index (Phi) is 3.66. The van der Waals surface area contributed by atoms with Crippen LogP contribution in [0.1, 0.15) is 0 Å². The number of anilines is 1. The van der Waals surface area contributed by atoms with Crippen LogP contribution in [0, 0.1) is 0 Å². The highest BCUT2D eigenvalue weighted by Crippen LogP contribution is 2.29. The van der Waals surface area contributed by atoms with Crippen molar-refractivity contribution in [1.82, 2.24) is 0 Å². The molecule has 0 amide bonds. The van der Waals surface area contributed by atoms with E-state index in [2.05, 4.69) is 14.6 Å². The van der Waals surface area contributed by atoms with Crippen LogP contribution in [0.25, 0.3) is 32.2 Å². The topological polar surface area (TPSA) is 78.7 Å². The molecule has 0 fully saturated rings. The van der Waals surface area contributed by atoms with E-state index in [1.165, 1.54) is 0 Å². The molecule has 6 heteroatoms. The first-order valence-electron chi connectivity index (χ1n) is 5.87. The molecule has 3 rings (SSSR count). The van der Waals surface area contributed by atoms with E-state index in [-0.39, 0.29) is 12.4 Å². The Morgan fingerprint density at radius 3 is 2.55 bits per heavy atom. The lowest BCUT2D eigenvalue weighted by Crippen LogP contribution is -3.00. The molecular formula is C14H12ClN5. The number of pyridine rings is 1. The Morgan fingerprint density at radius 1 is 1.10 bits per heavy atom. The predicted molar refractivity (Wildman–Crippen MR) is 75.8 cm³/mol. The lowest BCUT2D eigenvalue weighted by Gasteiger charge is -2.06. The molecular weight excluding hydrogens is 274 g/mol. The van der Waals surface area contributed by atoms with Gasteiger partial charge in [-0.15, -0.1) is 0 Å². The number of hydrogen-bond donors (Lipinski definition) is 1. The number of benzene rings is 2. The molecule has 0 saturated carbocycles. The number of nitrogens with two attached hydrogens (primary N) is 1. The van der Waals surface area contributed by atoms with Gasteiger partial charge >= 0.3 is 0 Å². The second-order valence-electron chi connectivity index (χ2n) is 4.38. The number of fused-ring (bicyclic) bond motifs is 2. The van der Waals surface area contributed by atoms with E-state index in [1.807, 2.05) is 43.4 Å². The summed E-state index contributed by atoms with van der Waals surface area (Å²) in [4.78, 5) is 2.81. The molecule has 5 nitrogen and oxygen atoms in total. The lowest BCUT2D eigenvalue weighted by molar-refractivity contribution is -0.617. The third kappa shape index (κ3) is 1.99. The molecule has 0 unspecified atom stereocenters. The van der Waals surface area contributed by atoms with Crippen molar-refractivity contribution < 1.29 is 17.0 Å². The average Bonchev–Trinajstić information content (AvgIpc) is 2.45. The number of aromatic nitrogens is 1. The Hall–Kier alpha value is -2.49. The molecule has 2 aromatic carbocycles. The molecule has 1 heterocycles. The smallest absolute Gasteiger partial charge is 0.215 e. The van der Waals surface area contributed by atoms with Crippen LogP contribution < -0.4 is 22.7 Å². The highest BCUT2D eigenvalue weighted by molar-refractivity contribution is 6.04. The number of para-hydroxylation sites is 1. The second kappa shape index (κ2) is 5.25. The Morgan fingerprint density at radius 2 is 1.80 bits per heavy atom. The molecule has 2 N–H and O–H groups in total. The maximum atomic E-state index is 8.51. The minimum atomic E-state index is 0. The van der Waals surface area contributed by atoms with E-state index in [4.69, 9.17) is 11.3 Å². The van der Waals surface area contributed by atoms with Crippen molar-refractivity contribution in [3.63, 3.8) is 0 Å². The summed E-state index contributed by atoms with van der Waals surface area (Å²) in [5.41, 5.74) is 18.1. The van der Waals surface area contributed by atoms with Crippen molar-refractivity contribution in [3.8, 4) is 0 Å². The first-order chi connectivity index (χ1) is 9.22. The first-order valence-corrected chi connectivity index (χ1v) is 5.87. The molecule has 0 aliphatic heterocycles. The molecule has 0 bridgehead atoms. The summed E-state index contributed by atoms with van der Waals surface area (Å²) in [5.74, 6) is 0. The quantitative estimate of drug-likeness (QED) is 0.226. The van der Waals surface area contributed by atoms with Crippen LogP contribution in [0.2, 0.25) is 0 Å². The largest absolute Gasteiger partial charge is 1.00 e. The van der Waals surface area contributed by atoms with Crippen LogP contribution in [0.15, 0.2) is 47.6 Å². The maximum Gasteiger partial charge on any atom is 0.215 e. The third-order valence-corrected chi connectivity index (χ3v) is 3.35. The maximum absolute atomic E-state index is 8.51. The second-order valence-corrected chi connectivity index (χ2v) is 4.38. The number of nitrogens with zero attached hydrogens (tertiary/aromatic N) is 4. The van der Waals surface area contributed by atoms with Crippen LogP contribution in [-0.2, 0) is 7.05 Å². The number of aryl methyl sites for hydroxylation is 1. The van der Waals surface area contributed by atoms with Gasteiger partial charge in [-0.25, -0.2) is 0 Å². The number of azide groups is 1. The summed E-state index contributed by atoms with van der Waals surface area (Å²) in [6, 6.07) is 13.5. The number of rotatable bonds is 1. The van der Waals surface area contributed by atoms with Gasteiger partial charge in [0.1, 0.15) is 7.05 Å². The van der Waals surface area contributed by atoms with Gasteiger partial charge in [-0.3, -0.25) is 0 Å². The van der Waals surface area contributed by atoms with Crippen LogP contribution in [0.3, 0.4) is 0 Å². The van der Waals surface area contributed by atoms with Crippen molar-refractivity contribution in [3.05, 3.63) is 52.9 Å². The number of nitrogen functional groups attached to an aromatic ring is 1. The van der Waals surface area contributed by atoms with E-state index in [9.17, 15) is 0 Å². The summed E-state index contributed by atoms with van der Waals surface area (Å²) in [6.45, 7) is 0. The van der Waals surface area contributed by atoms with Crippen molar-refractivity contribution in [2.45, 2.75) is 0 Å². The van der Waals surface area contributed by atoms with Gasteiger partial charge in [0.2, 0.25) is 11.0 Å². The number of halogens is 1. The fraction of sp³-hybridized carbons (Fsp3) is 0.0714. The van der Waals surface area contributed by atoms with E-state index >= 15 is 0 Å². The predicted octanol–water partition coefficient (Wildman–Crippen LogP) is 0.346. The van der Waals surface area contributed by atoms with Gasteiger partial charge in [0.25, 0.3) is 0 Å². The summed E-state index contributed by atoms with van der Waals surface area (Å²) >= 11 is 0. The Balaban J connectivity index is 0.00000147. The van der Waals surface area contributed by atoms with Gasteiger partial charge in [0.15, 0.2) is 0 Å². The van der Waals surface area contributed by atoms with Gasteiger partial charge in [0.05, 0.1) is 16.5 Å². The average molecular weight is 286 g/mol. The highest BCUT2D eigenvalue weighted by atomic mass is 35.5. The Labute approximate surface area is 121 Å². The minimum absolute atomic E-state index is 0. The van der Waals surface area contributed by atoms with Crippen molar-refractivity contribution in [2.75, 3.05) is 5.73 Å². The molecule has 0 radical (unpaired) electrons. The first kappa shape index (κ1) is 13.9. The fourth-order valence-electron chi connectivity index (χ4n) is 2.41. The van der Waals surface area contributed by atoms with Gasteiger partial charge < -0.3 is 18.1 Å². The monoisotopic (exact) mass is 285 g/mol. The molecule has 0 aliphatic rings. The zero-order chi connectivity index (χ0) is 13.4. The molecule has 0 saturated heterocycles. The summed E-state index contributed by atoms with van der Waals surface area (Å²) in [5, 5.41) is 5.61. The van der Waals surface area contributed by atoms with Crippen molar-refractivity contribution in [1.29, 1.82) is 0 Å². The zero-order valence-corrected chi connectivity index (χ0v) is 11.5. The molecule has 20 heavy (non-hydrogen) atoms. The summed E-state index contributed by atoms with van der Waals surface area (Å²) in [6.07, 6.45) is 0. The van der Waals surface area contributed by atoms with Gasteiger partial charge in [-0.2, -0.15) is 4.57 Å². The fourth-order valence-corrected chi connectivity index (χ4v) is 2.41. The highest BCUT2D eigenvalue weighted by Gasteiger charge is 2.15. The van der Waals surface area contributed by atoms with Gasteiger partial charge in [0, 0.05) is 22.7 Å². The molecule has 100 valence electrons. The van der Waals surface area contributed by atoms with E-state index < -0.39 is 0 Å².